The molecule has 0 atom stereocenters. The zero-order chi connectivity index (χ0) is 19.0. The monoisotopic (exact) mass is 392 g/mol. The lowest BCUT2D eigenvalue weighted by molar-refractivity contribution is -0.140. The maximum absolute atomic E-state index is 13.2. The lowest BCUT2D eigenvalue weighted by atomic mass is 10.3. The van der Waals surface area contributed by atoms with Crippen LogP contribution in [0.1, 0.15) is 0 Å². The van der Waals surface area contributed by atoms with Crippen LogP contribution < -0.4 is 9.05 Å². The molecule has 0 N–H and O–H groups in total. The van der Waals surface area contributed by atoms with Crippen molar-refractivity contribution in [1.29, 1.82) is 0 Å². The highest BCUT2D eigenvalue weighted by Gasteiger charge is 2.33. The molecule has 0 saturated heterocycles. The van der Waals surface area contributed by atoms with Crippen molar-refractivity contribution in [2.24, 2.45) is 0 Å². The zero-order valence-electron chi connectivity index (χ0n) is 15.4. The Kier molecular flexibility index (Phi) is 7.06. The van der Waals surface area contributed by atoms with Crippen LogP contribution in [0.25, 0.3) is 0 Å². The average molecular weight is 392 g/mol. The minimum atomic E-state index is -3.76. The van der Waals surface area contributed by atoms with Gasteiger partial charge in [0.15, 0.2) is 6.16 Å². The van der Waals surface area contributed by atoms with E-state index in [-0.39, 0.29) is 0 Å². The molecule has 0 aliphatic rings. The fourth-order valence-electron chi connectivity index (χ4n) is 2.04. The van der Waals surface area contributed by atoms with Crippen molar-refractivity contribution in [2.45, 2.75) is 25.7 Å². The standard InChI is InChI=1S/C19H25O5PSi/c1-26(2,3)15-14-22-19(20)16-25(21,23-17-10-6-4-7-11-17)24-18-12-8-5-9-13-18/h4-13H,14-16H2,1-3H3. The molecule has 140 valence electrons. The third kappa shape index (κ3) is 7.46. The maximum Gasteiger partial charge on any atom is 0.441 e. The molecule has 0 aromatic heterocycles. The summed E-state index contributed by atoms with van der Waals surface area (Å²) < 4.78 is 29.6. The Bertz CT molecular complexity index is 698. The molecule has 26 heavy (non-hydrogen) atoms. The van der Waals surface area contributed by atoms with E-state index >= 15 is 0 Å². The fourth-order valence-corrected chi connectivity index (χ4v) is 4.22. The summed E-state index contributed by atoms with van der Waals surface area (Å²) in [5.41, 5.74) is 0. The lowest BCUT2D eigenvalue weighted by Gasteiger charge is -2.20. The molecular formula is C19H25O5PSi. The van der Waals surface area contributed by atoms with Crippen molar-refractivity contribution in [2.75, 3.05) is 12.8 Å². The van der Waals surface area contributed by atoms with Crippen LogP contribution in [0.5, 0.6) is 11.5 Å². The molecule has 0 aliphatic carbocycles. The van der Waals surface area contributed by atoms with Gasteiger partial charge in [-0.25, -0.2) is 4.57 Å². The van der Waals surface area contributed by atoms with E-state index in [1.165, 1.54) is 0 Å². The van der Waals surface area contributed by atoms with Crippen molar-refractivity contribution in [3.8, 4) is 11.5 Å². The number of carbonyl (C=O) groups is 1. The summed E-state index contributed by atoms with van der Waals surface area (Å²) in [4.78, 5) is 12.2. The van der Waals surface area contributed by atoms with E-state index in [1.807, 2.05) is 12.1 Å². The van der Waals surface area contributed by atoms with Crippen LogP contribution in [-0.4, -0.2) is 26.8 Å². The van der Waals surface area contributed by atoms with Crippen molar-refractivity contribution in [3.63, 3.8) is 0 Å². The van der Waals surface area contributed by atoms with Gasteiger partial charge in [-0.1, -0.05) is 56.0 Å². The zero-order valence-corrected chi connectivity index (χ0v) is 17.3. The van der Waals surface area contributed by atoms with Gasteiger partial charge in [0.05, 0.1) is 6.61 Å². The van der Waals surface area contributed by atoms with Crippen molar-refractivity contribution < 1.29 is 23.1 Å². The second-order valence-electron chi connectivity index (χ2n) is 7.11. The summed E-state index contributed by atoms with van der Waals surface area (Å²) in [5, 5.41) is 0. The topological polar surface area (TPSA) is 61.8 Å². The van der Waals surface area contributed by atoms with Crippen LogP contribution in [0.2, 0.25) is 25.7 Å². The van der Waals surface area contributed by atoms with Crippen LogP contribution in [0, 0.1) is 0 Å². The van der Waals surface area contributed by atoms with E-state index in [1.54, 1.807) is 48.5 Å². The predicted molar refractivity (Wildman–Crippen MR) is 106 cm³/mol. The van der Waals surface area contributed by atoms with Gasteiger partial charge in [-0.05, 0) is 30.3 Å². The molecule has 0 unspecified atom stereocenters. The lowest BCUT2D eigenvalue weighted by Crippen LogP contribution is -2.24. The Balaban J connectivity index is 2.07. The minimum Gasteiger partial charge on any atom is -0.465 e. The van der Waals surface area contributed by atoms with Gasteiger partial charge in [-0.3, -0.25) is 4.79 Å². The number of para-hydroxylation sites is 2. The number of rotatable bonds is 9. The van der Waals surface area contributed by atoms with E-state index in [0.717, 1.165) is 6.04 Å². The average Bonchev–Trinajstić information content (AvgIpc) is 2.55. The normalized spacial score (nSPS) is 11.7. The van der Waals surface area contributed by atoms with E-state index in [0.29, 0.717) is 18.1 Å². The SMILES string of the molecule is C[Si](C)(C)CCOC(=O)CP(=O)(Oc1ccccc1)Oc1ccccc1. The summed E-state index contributed by atoms with van der Waals surface area (Å²) in [6.07, 6.45) is -0.442. The van der Waals surface area contributed by atoms with Crippen LogP contribution in [0.3, 0.4) is 0 Å². The molecule has 0 aliphatic heterocycles. The van der Waals surface area contributed by atoms with E-state index in [2.05, 4.69) is 19.6 Å². The Morgan fingerprint density at radius 2 is 1.35 bits per heavy atom. The molecule has 2 aromatic rings. The molecule has 0 heterocycles. The quantitative estimate of drug-likeness (QED) is 0.333. The van der Waals surface area contributed by atoms with Gasteiger partial charge in [0, 0.05) is 8.07 Å². The van der Waals surface area contributed by atoms with E-state index < -0.39 is 27.8 Å². The number of ether oxygens (including phenoxy) is 1. The van der Waals surface area contributed by atoms with Crippen molar-refractivity contribution >= 4 is 21.6 Å². The number of benzene rings is 2. The molecule has 2 aromatic carbocycles. The highest BCUT2D eigenvalue weighted by molar-refractivity contribution is 7.55. The Morgan fingerprint density at radius 1 is 0.885 bits per heavy atom. The highest BCUT2D eigenvalue weighted by atomic mass is 31.2. The molecular weight excluding hydrogens is 367 g/mol. The van der Waals surface area contributed by atoms with Crippen LogP contribution in [0.4, 0.5) is 0 Å². The molecule has 0 saturated carbocycles. The summed E-state index contributed by atoms with van der Waals surface area (Å²) in [6.45, 7) is 6.92. The van der Waals surface area contributed by atoms with Gasteiger partial charge in [0.2, 0.25) is 0 Å². The predicted octanol–water partition coefficient (Wildman–Crippen LogP) is 5.22. The van der Waals surface area contributed by atoms with Crippen molar-refractivity contribution in [1.82, 2.24) is 0 Å². The smallest absolute Gasteiger partial charge is 0.441 e. The maximum atomic E-state index is 13.2. The molecule has 0 fully saturated rings. The summed E-state index contributed by atoms with van der Waals surface area (Å²) >= 11 is 0. The molecule has 0 bridgehead atoms. The molecule has 5 nitrogen and oxygen atoms in total. The first-order chi connectivity index (χ1) is 12.3. The van der Waals surface area contributed by atoms with Gasteiger partial charge < -0.3 is 13.8 Å². The van der Waals surface area contributed by atoms with Gasteiger partial charge in [0.1, 0.15) is 11.5 Å². The first kappa shape index (κ1) is 20.3. The molecule has 2 rings (SSSR count). The number of hydrogen-bond acceptors (Lipinski definition) is 5. The molecule has 0 amide bonds. The Labute approximate surface area is 155 Å². The number of esters is 1. The van der Waals surface area contributed by atoms with E-state index in [4.69, 9.17) is 13.8 Å². The van der Waals surface area contributed by atoms with E-state index in [9.17, 15) is 9.36 Å². The van der Waals surface area contributed by atoms with Gasteiger partial charge in [0.25, 0.3) is 0 Å². The Hall–Kier alpha value is -2.04. The van der Waals surface area contributed by atoms with Crippen molar-refractivity contribution in [3.05, 3.63) is 60.7 Å². The third-order valence-corrected chi connectivity index (χ3v) is 6.74. The fraction of sp³-hybridized carbons (Fsp3) is 0.316. The number of hydrogen-bond donors (Lipinski definition) is 0. The van der Waals surface area contributed by atoms with Crippen LogP contribution in [-0.2, 0) is 14.1 Å². The Morgan fingerprint density at radius 3 is 1.77 bits per heavy atom. The molecule has 7 heteroatoms. The second-order valence-corrected chi connectivity index (χ2v) is 14.6. The minimum absolute atomic E-state index is 0.325. The first-order valence-corrected chi connectivity index (χ1v) is 13.9. The summed E-state index contributed by atoms with van der Waals surface area (Å²) in [5.74, 6) is 0.168. The van der Waals surface area contributed by atoms with Gasteiger partial charge in [-0.2, -0.15) is 0 Å². The third-order valence-electron chi connectivity index (χ3n) is 3.41. The summed E-state index contributed by atoms with van der Waals surface area (Å²) in [6, 6.07) is 18.2. The van der Waals surface area contributed by atoms with Gasteiger partial charge >= 0.3 is 13.6 Å². The molecule has 0 spiro atoms. The van der Waals surface area contributed by atoms with Gasteiger partial charge in [-0.15, -0.1) is 0 Å². The number of carbonyl (C=O) groups excluding carboxylic acids is 1. The van der Waals surface area contributed by atoms with Crippen LogP contribution >= 0.6 is 7.60 Å². The van der Waals surface area contributed by atoms with Crippen LogP contribution in [0.15, 0.2) is 60.7 Å². The summed E-state index contributed by atoms with van der Waals surface area (Å²) in [7, 11) is -5.08. The molecule has 0 radical (unpaired) electrons. The largest absolute Gasteiger partial charge is 0.465 e. The second kappa shape index (κ2) is 9.06. The first-order valence-electron chi connectivity index (χ1n) is 8.50. The highest BCUT2D eigenvalue weighted by Crippen LogP contribution is 2.48.